The van der Waals surface area contributed by atoms with E-state index in [9.17, 15) is 0 Å². The van der Waals surface area contributed by atoms with Crippen LogP contribution in [0, 0.1) is 0 Å². The van der Waals surface area contributed by atoms with Crippen LogP contribution in [-0.2, 0) is 0 Å². The normalized spacial score (nSPS) is 12.0. The van der Waals surface area contributed by atoms with Gasteiger partial charge in [0.25, 0.3) is 0 Å². The third kappa shape index (κ3) is 3.46. The molecule has 0 saturated heterocycles. The van der Waals surface area contributed by atoms with E-state index in [4.69, 9.17) is 0 Å². The zero-order valence-corrected chi connectivity index (χ0v) is 24.4. The van der Waals surface area contributed by atoms with E-state index in [0.29, 0.717) is 0 Å². The summed E-state index contributed by atoms with van der Waals surface area (Å²) in [4.78, 5) is 3.79. The van der Waals surface area contributed by atoms with E-state index >= 15 is 0 Å². The highest BCUT2D eigenvalue weighted by molar-refractivity contribution is 6.16. The SMILES string of the molecule is c1ccc(-n2c3ccccc3c3cc(-c4cc(-n5c6ccccc6c6ccccc65)cc5c4[nH]c4ccccc45)ccc32)cc1. The molecule has 45 heavy (non-hydrogen) atoms. The van der Waals surface area contributed by atoms with E-state index in [-0.39, 0.29) is 0 Å². The number of fused-ring (bicyclic) bond motifs is 9. The van der Waals surface area contributed by atoms with E-state index in [1.165, 1.54) is 71.2 Å². The molecule has 0 atom stereocenters. The Morgan fingerprint density at radius 2 is 0.889 bits per heavy atom. The van der Waals surface area contributed by atoms with Crippen molar-refractivity contribution in [1.29, 1.82) is 0 Å². The molecule has 0 aliphatic heterocycles. The molecule has 3 nitrogen and oxygen atoms in total. The van der Waals surface area contributed by atoms with Gasteiger partial charge in [-0.2, -0.15) is 0 Å². The predicted octanol–water partition coefficient (Wildman–Crippen LogP) is 11.2. The number of aromatic amines is 1. The summed E-state index contributed by atoms with van der Waals surface area (Å²) in [6.45, 7) is 0. The van der Waals surface area contributed by atoms with Crippen LogP contribution in [-0.4, -0.2) is 14.1 Å². The summed E-state index contributed by atoms with van der Waals surface area (Å²) in [6.07, 6.45) is 0. The van der Waals surface area contributed by atoms with Gasteiger partial charge in [0.2, 0.25) is 0 Å². The molecule has 0 amide bonds. The van der Waals surface area contributed by atoms with Gasteiger partial charge in [0, 0.05) is 54.8 Å². The van der Waals surface area contributed by atoms with Crippen molar-refractivity contribution < 1.29 is 0 Å². The summed E-state index contributed by atoms with van der Waals surface area (Å²) in [6, 6.07) is 57.2. The Morgan fingerprint density at radius 3 is 1.58 bits per heavy atom. The monoisotopic (exact) mass is 573 g/mol. The average Bonchev–Trinajstić information content (AvgIpc) is 3.76. The molecule has 0 radical (unpaired) electrons. The summed E-state index contributed by atoms with van der Waals surface area (Å²) >= 11 is 0. The van der Waals surface area contributed by atoms with Crippen LogP contribution in [0.15, 0.2) is 158 Å². The molecule has 0 spiro atoms. The number of rotatable bonds is 3. The Kier molecular flexibility index (Phi) is 5.00. The van der Waals surface area contributed by atoms with Crippen molar-refractivity contribution >= 4 is 65.4 Å². The van der Waals surface area contributed by atoms with Crippen molar-refractivity contribution in [2.75, 3.05) is 0 Å². The summed E-state index contributed by atoms with van der Waals surface area (Å²) in [5.41, 5.74) is 11.9. The van der Waals surface area contributed by atoms with Crippen LogP contribution in [0.4, 0.5) is 0 Å². The second kappa shape index (κ2) is 9.22. The molecule has 0 fully saturated rings. The highest BCUT2D eigenvalue weighted by atomic mass is 15.0. The van der Waals surface area contributed by atoms with Crippen molar-refractivity contribution in [3.05, 3.63) is 158 Å². The van der Waals surface area contributed by atoms with Crippen LogP contribution in [0.3, 0.4) is 0 Å². The molecule has 0 bridgehead atoms. The fourth-order valence-electron chi connectivity index (χ4n) is 7.49. The number of hydrogen-bond donors (Lipinski definition) is 1. The number of nitrogens with zero attached hydrogens (tertiary/aromatic N) is 2. The first-order valence-corrected chi connectivity index (χ1v) is 15.5. The third-order valence-corrected chi connectivity index (χ3v) is 9.44. The average molecular weight is 574 g/mol. The Balaban J connectivity index is 1.31. The fourth-order valence-corrected chi connectivity index (χ4v) is 7.49. The van der Waals surface area contributed by atoms with Gasteiger partial charge in [-0.1, -0.05) is 97.1 Å². The second-order valence-electron chi connectivity index (χ2n) is 11.9. The van der Waals surface area contributed by atoms with Crippen LogP contribution in [0.25, 0.3) is 87.9 Å². The summed E-state index contributed by atoms with van der Waals surface area (Å²) in [5.74, 6) is 0. The van der Waals surface area contributed by atoms with E-state index in [1.807, 2.05) is 0 Å². The van der Waals surface area contributed by atoms with Gasteiger partial charge in [-0.05, 0) is 66.2 Å². The first kappa shape index (κ1) is 24.4. The fraction of sp³-hybridized carbons (Fsp3) is 0. The number of H-pyrrole nitrogens is 1. The molecule has 3 aromatic heterocycles. The molecule has 10 aromatic rings. The van der Waals surface area contributed by atoms with Crippen molar-refractivity contribution in [3.63, 3.8) is 0 Å². The molecule has 1 N–H and O–H groups in total. The molecule has 7 aromatic carbocycles. The lowest BCUT2D eigenvalue weighted by Gasteiger charge is -2.13. The topological polar surface area (TPSA) is 25.6 Å². The number of hydrogen-bond acceptors (Lipinski definition) is 0. The van der Waals surface area contributed by atoms with Gasteiger partial charge in [0.15, 0.2) is 0 Å². The highest BCUT2D eigenvalue weighted by Gasteiger charge is 2.18. The minimum absolute atomic E-state index is 1.15. The number of benzene rings is 7. The summed E-state index contributed by atoms with van der Waals surface area (Å²) in [5, 5.41) is 7.50. The largest absolute Gasteiger partial charge is 0.354 e. The van der Waals surface area contributed by atoms with E-state index in [2.05, 4.69) is 172 Å². The Morgan fingerprint density at radius 1 is 0.356 bits per heavy atom. The molecule has 210 valence electrons. The van der Waals surface area contributed by atoms with Crippen LogP contribution in [0.5, 0.6) is 0 Å². The highest BCUT2D eigenvalue weighted by Crippen LogP contribution is 2.41. The van der Waals surface area contributed by atoms with Crippen molar-refractivity contribution in [1.82, 2.24) is 14.1 Å². The molecule has 3 heteroatoms. The maximum absolute atomic E-state index is 3.79. The van der Waals surface area contributed by atoms with E-state index in [1.54, 1.807) is 0 Å². The molecule has 0 saturated carbocycles. The van der Waals surface area contributed by atoms with Gasteiger partial charge in [-0.25, -0.2) is 0 Å². The van der Waals surface area contributed by atoms with Gasteiger partial charge in [0.05, 0.1) is 27.6 Å². The van der Waals surface area contributed by atoms with Crippen molar-refractivity contribution in [3.8, 4) is 22.5 Å². The molecular formula is C42H27N3. The lowest BCUT2D eigenvalue weighted by atomic mass is 9.99. The van der Waals surface area contributed by atoms with E-state index < -0.39 is 0 Å². The maximum atomic E-state index is 3.79. The molecule has 10 rings (SSSR count). The van der Waals surface area contributed by atoms with Crippen LogP contribution >= 0.6 is 0 Å². The first-order chi connectivity index (χ1) is 22.3. The Labute approximate surface area is 259 Å². The molecule has 0 aliphatic carbocycles. The second-order valence-corrected chi connectivity index (χ2v) is 11.9. The number of para-hydroxylation sites is 5. The van der Waals surface area contributed by atoms with Crippen molar-refractivity contribution in [2.24, 2.45) is 0 Å². The number of nitrogens with one attached hydrogen (secondary N) is 1. The van der Waals surface area contributed by atoms with Gasteiger partial charge in [-0.3, -0.25) is 0 Å². The zero-order valence-electron chi connectivity index (χ0n) is 24.4. The van der Waals surface area contributed by atoms with Gasteiger partial charge >= 0.3 is 0 Å². The standard InChI is InChI=1S/C42H27N3/c1-2-12-28(13-3-1)44-40-21-11-7-17-33(40)35-24-27(22-23-41(35)44)34-25-29(26-36-30-14-4-8-18-37(30)43-42(34)36)45-38-19-9-5-15-31(38)32-16-6-10-20-39(32)45/h1-26,43H. The Hall–Kier alpha value is -6.06. The first-order valence-electron chi connectivity index (χ1n) is 15.5. The summed E-state index contributed by atoms with van der Waals surface area (Å²) in [7, 11) is 0. The van der Waals surface area contributed by atoms with Gasteiger partial charge in [0.1, 0.15) is 0 Å². The minimum Gasteiger partial charge on any atom is -0.354 e. The molecular weight excluding hydrogens is 546 g/mol. The summed E-state index contributed by atoms with van der Waals surface area (Å²) < 4.78 is 4.80. The van der Waals surface area contributed by atoms with Crippen LogP contribution < -0.4 is 0 Å². The third-order valence-electron chi connectivity index (χ3n) is 9.44. The minimum atomic E-state index is 1.15. The number of aromatic nitrogens is 3. The van der Waals surface area contributed by atoms with E-state index in [0.717, 1.165) is 16.7 Å². The quantitative estimate of drug-likeness (QED) is 0.218. The predicted molar refractivity (Wildman–Crippen MR) is 190 cm³/mol. The van der Waals surface area contributed by atoms with Crippen molar-refractivity contribution in [2.45, 2.75) is 0 Å². The van der Waals surface area contributed by atoms with Crippen LogP contribution in [0.2, 0.25) is 0 Å². The Bertz CT molecular complexity index is 2700. The maximum Gasteiger partial charge on any atom is 0.0546 e. The van der Waals surface area contributed by atoms with Gasteiger partial charge < -0.3 is 14.1 Å². The molecule has 3 heterocycles. The lowest BCUT2D eigenvalue weighted by molar-refractivity contribution is 1.18. The molecule has 0 unspecified atom stereocenters. The van der Waals surface area contributed by atoms with Crippen LogP contribution in [0.1, 0.15) is 0 Å². The van der Waals surface area contributed by atoms with Gasteiger partial charge in [-0.15, -0.1) is 0 Å². The zero-order chi connectivity index (χ0) is 29.5. The smallest absolute Gasteiger partial charge is 0.0546 e. The lowest BCUT2D eigenvalue weighted by Crippen LogP contribution is -1.95. The molecule has 0 aliphatic rings.